The van der Waals surface area contributed by atoms with Crippen LogP contribution in [0.2, 0.25) is 0 Å². The zero-order valence-electron chi connectivity index (χ0n) is 10.9. The Balaban J connectivity index is 2.55. The normalized spacial score (nSPS) is 13.1. The average molecular weight is 285 g/mol. The molecule has 0 fully saturated rings. The van der Waals surface area contributed by atoms with Gasteiger partial charge in [-0.15, -0.1) is 0 Å². The summed E-state index contributed by atoms with van der Waals surface area (Å²) in [6.45, 7) is 2.02. The molecule has 106 valence electrons. The quantitative estimate of drug-likeness (QED) is 0.752. The summed E-state index contributed by atoms with van der Waals surface area (Å²) >= 11 is 0. The number of carboxylic acids is 1. The predicted molar refractivity (Wildman–Crippen MR) is 72.8 cm³/mol. The molecule has 6 heteroatoms. The molecule has 1 aromatic rings. The number of carboxylic acid groups (broad SMARTS) is 1. The lowest BCUT2D eigenvalue weighted by molar-refractivity contribution is -0.139. The second kappa shape index (κ2) is 7.25. The highest BCUT2D eigenvalue weighted by Crippen LogP contribution is 2.09. The summed E-state index contributed by atoms with van der Waals surface area (Å²) in [5.74, 6) is -1.05. The van der Waals surface area contributed by atoms with Crippen molar-refractivity contribution in [3.63, 3.8) is 0 Å². The highest BCUT2D eigenvalue weighted by molar-refractivity contribution is 7.91. The van der Waals surface area contributed by atoms with Crippen LogP contribution in [-0.2, 0) is 14.6 Å². The lowest BCUT2D eigenvalue weighted by Gasteiger charge is -2.13. The van der Waals surface area contributed by atoms with Crippen LogP contribution in [0.1, 0.15) is 19.8 Å². The van der Waals surface area contributed by atoms with Crippen LogP contribution in [0.25, 0.3) is 0 Å². The first-order valence-corrected chi connectivity index (χ1v) is 7.86. The fraction of sp³-hybridized carbons (Fsp3) is 0.462. The number of rotatable bonds is 8. The van der Waals surface area contributed by atoms with E-state index < -0.39 is 21.8 Å². The van der Waals surface area contributed by atoms with E-state index in [2.05, 4.69) is 5.32 Å². The van der Waals surface area contributed by atoms with Gasteiger partial charge in [0.1, 0.15) is 6.04 Å². The Bertz CT molecular complexity index is 499. The standard InChI is InChI=1S/C13H19NO4S/c1-2-6-12(13(15)16)14-9-10-19(17,18)11-7-4-3-5-8-11/h3-5,7-8,12,14H,2,6,9-10H2,1H3,(H,15,16). The molecule has 1 unspecified atom stereocenters. The largest absolute Gasteiger partial charge is 0.480 e. The number of sulfone groups is 1. The smallest absolute Gasteiger partial charge is 0.320 e. The van der Waals surface area contributed by atoms with Gasteiger partial charge in [0.2, 0.25) is 0 Å². The van der Waals surface area contributed by atoms with Crippen LogP contribution in [0.4, 0.5) is 0 Å². The number of nitrogens with one attached hydrogen (secondary N) is 1. The minimum Gasteiger partial charge on any atom is -0.480 e. The Morgan fingerprint density at radius 2 is 1.95 bits per heavy atom. The third kappa shape index (κ3) is 5.00. The van der Waals surface area contributed by atoms with Crippen LogP contribution in [0.3, 0.4) is 0 Å². The molecule has 0 spiro atoms. The van der Waals surface area contributed by atoms with E-state index in [4.69, 9.17) is 5.11 Å². The molecule has 0 bridgehead atoms. The molecule has 0 aromatic heterocycles. The molecule has 1 aromatic carbocycles. The highest BCUT2D eigenvalue weighted by atomic mass is 32.2. The van der Waals surface area contributed by atoms with E-state index in [1.807, 2.05) is 6.92 Å². The molecule has 19 heavy (non-hydrogen) atoms. The van der Waals surface area contributed by atoms with Gasteiger partial charge in [-0.25, -0.2) is 8.42 Å². The van der Waals surface area contributed by atoms with E-state index in [0.29, 0.717) is 6.42 Å². The topological polar surface area (TPSA) is 83.5 Å². The molecule has 0 aliphatic rings. The van der Waals surface area contributed by atoms with Crippen molar-refractivity contribution in [1.82, 2.24) is 5.32 Å². The Morgan fingerprint density at radius 3 is 2.47 bits per heavy atom. The van der Waals surface area contributed by atoms with Crippen molar-refractivity contribution >= 4 is 15.8 Å². The van der Waals surface area contributed by atoms with Crippen LogP contribution in [0.5, 0.6) is 0 Å². The van der Waals surface area contributed by atoms with Gasteiger partial charge in [0.25, 0.3) is 0 Å². The van der Waals surface area contributed by atoms with Gasteiger partial charge in [-0.2, -0.15) is 0 Å². The van der Waals surface area contributed by atoms with Crippen LogP contribution in [-0.4, -0.2) is 37.8 Å². The second-order valence-electron chi connectivity index (χ2n) is 4.27. The molecule has 0 saturated heterocycles. The van der Waals surface area contributed by atoms with Crippen molar-refractivity contribution in [2.24, 2.45) is 0 Å². The van der Waals surface area contributed by atoms with Gasteiger partial charge in [-0.05, 0) is 18.6 Å². The van der Waals surface area contributed by atoms with E-state index in [1.165, 1.54) is 12.1 Å². The molecule has 5 nitrogen and oxygen atoms in total. The van der Waals surface area contributed by atoms with Gasteiger partial charge < -0.3 is 10.4 Å². The SMILES string of the molecule is CCCC(NCCS(=O)(=O)c1ccccc1)C(=O)O. The van der Waals surface area contributed by atoms with Gasteiger partial charge in [0, 0.05) is 6.54 Å². The van der Waals surface area contributed by atoms with Crippen molar-refractivity contribution in [2.75, 3.05) is 12.3 Å². The molecule has 0 heterocycles. The summed E-state index contributed by atoms with van der Waals surface area (Å²) in [5, 5.41) is 11.7. The number of benzene rings is 1. The Hall–Kier alpha value is -1.40. The number of hydrogen-bond donors (Lipinski definition) is 2. The van der Waals surface area contributed by atoms with E-state index in [1.54, 1.807) is 18.2 Å². The number of carbonyl (C=O) groups is 1. The molecule has 0 aliphatic heterocycles. The average Bonchev–Trinajstić information content (AvgIpc) is 2.38. The summed E-state index contributed by atoms with van der Waals surface area (Å²) in [4.78, 5) is 11.2. The van der Waals surface area contributed by atoms with Gasteiger partial charge in [-0.1, -0.05) is 31.5 Å². The number of hydrogen-bond acceptors (Lipinski definition) is 4. The monoisotopic (exact) mass is 285 g/mol. The first-order valence-electron chi connectivity index (χ1n) is 6.21. The van der Waals surface area contributed by atoms with Crippen LogP contribution < -0.4 is 5.32 Å². The third-order valence-corrected chi connectivity index (χ3v) is 4.47. The van der Waals surface area contributed by atoms with Crippen LogP contribution in [0, 0.1) is 0 Å². The fourth-order valence-corrected chi connectivity index (χ4v) is 2.91. The first-order chi connectivity index (χ1) is 8.97. The maximum atomic E-state index is 12.0. The van der Waals surface area contributed by atoms with E-state index in [9.17, 15) is 13.2 Å². The zero-order valence-corrected chi connectivity index (χ0v) is 11.7. The third-order valence-electron chi connectivity index (χ3n) is 2.74. The second-order valence-corrected chi connectivity index (χ2v) is 6.37. The van der Waals surface area contributed by atoms with E-state index >= 15 is 0 Å². The van der Waals surface area contributed by atoms with Gasteiger partial charge in [0.05, 0.1) is 10.6 Å². The summed E-state index contributed by atoms with van der Waals surface area (Å²) in [7, 11) is -3.35. The minimum atomic E-state index is -3.35. The van der Waals surface area contributed by atoms with Crippen molar-refractivity contribution in [2.45, 2.75) is 30.7 Å². The molecule has 2 N–H and O–H groups in total. The summed E-state index contributed by atoms with van der Waals surface area (Å²) < 4.78 is 23.9. The lowest BCUT2D eigenvalue weighted by atomic mass is 10.2. The predicted octanol–water partition coefficient (Wildman–Crippen LogP) is 1.30. The van der Waals surface area contributed by atoms with E-state index in [0.717, 1.165) is 6.42 Å². The molecular weight excluding hydrogens is 266 g/mol. The van der Waals surface area contributed by atoms with Crippen molar-refractivity contribution in [3.05, 3.63) is 30.3 Å². The summed E-state index contributed by atoms with van der Waals surface area (Å²) in [6, 6.07) is 7.47. The summed E-state index contributed by atoms with van der Waals surface area (Å²) in [6.07, 6.45) is 1.22. The molecule has 1 atom stereocenters. The van der Waals surface area contributed by atoms with Crippen molar-refractivity contribution in [3.8, 4) is 0 Å². The van der Waals surface area contributed by atoms with Crippen LogP contribution >= 0.6 is 0 Å². The van der Waals surface area contributed by atoms with Crippen molar-refractivity contribution < 1.29 is 18.3 Å². The minimum absolute atomic E-state index is 0.107. The lowest BCUT2D eigenvalue weighted by Crippen LogP contribution is -2.39. The molecule has 0 saturated carbocycles. The molecular formula is C13H19NO4S. The maximum Gasteiger partial charge on any atom is 0.320 e. The molecule has 0 radical (unpaired) electrons. The van der Waals surface area contributed by atoms with Crippen molar-refractivity contribution in [1.29, 1.82) is 0 Å². The fourth-order valence-electron chi connectivity index (χ4n) is 1.71. The van der Waals surface area contributed by atoms with Gasteiger partial charge in [-0.3, -0.25) is 4.79 Å². The maximum absolute atomic E-state index is 12.0. The molecule has 0 aliphatic carbocycles. The molecule has 1 rings (SSSR count). The Morgan fingerprint density at radius 1 is 1.32 bits per heavy atom. The van der Waals surface area contributed by atoms with Gasteiger partial charge >= 0.3 is 5.97 Å². The summed E-state index contributed by atoms with van der Waals surface area (Å²) in [5.41, 5.74) is 0. The zero-order chi connectivity index (χ0) is 14.3. The van der Waals surface area contributed by atoms with Crippen LogP contribution in [0.15, 0.2) is 35.2 Å². The van der Waals surface area contributed by atoms with Gasteiger partial charge in [0.15, 0.2) is 9.84 Å². The number of aliphatic carboxylic acids is 1. The van der Waals surface area contributed by atoms with E-state index in [-0.39, 0.29) is 17.2 Å². The first kappa shape index (κ1) is 15.7. The Labute approximate surface area is 113 Å². The molecule has 0 amide bonds. The Kier molecular flexibility index (Phi) is 5.98. The highest BCUT2D eigenvalue weighted by Gasteiger charge is 2.18.